The van der Waals surface area contributed by atoms with Gasteiger partial charge in [-0.15, -0.1) is 0 Å². The third kappa shape index (κ3) is 6.87. The number of carbonyl (C=O) groups is 2. The minimum absolute atomic E-state index is 0.0317. The van der Waals surface area contributed by atoms with E-state index in [1.165, 1.54) is 12.0 Å². The highest BCUT2D eigenvalue weighted by Gasteiger charge is 2.56. The highest BCUT2D eigenvalue weighted by molar-refractivity contribution is 5.97. The first-order valence-electron chi connectivity index (χ1n) is 15.6. The number of aromatic nitrogens is 2. The number of benzene rings is 1. The Kier molecular flexibility index (Phi) is 10.1. The number of aryl methyl sites for hydroxylation is 1. The molecule has 0 radical (unpaired) electrons. The number of rotatable bonds is 9. The molecule has 2 amide bonds. The average molecular weight is 683 g/mol. The summed E-state index contributed by atoms with van der Waals surface area (Å²) in [5.41, 5.74) is -3.17. The van der Waals surface area contributed by atoms with Gasteiger partial charge in [-0.2, -0.15) is 26.3 Å². The van der Waals surface area contributed by atoms with Crippen LogP contribution in [-0.4, -0.2) is 70.1 Å². The molecule has 0 spiro atoms. The third-order valence-corrected chi connectivity index (χ3v) is 9.03. The monoisotopic (exact) mass is 682 g/mol. The van der Waals surface area contributed by atoms with Gasteiger partial charge >= 0.3 is 12.4 Å². The van der Waals surface area contributed by atoms with E-state index in [0.29, 0.717) is 24.3 Å². The summed E-state index contributed by atoms with van der Waals surface area (Å²) in [7, 11) is 1.52. The first-order valence-corrected chi connectivity index (χ1v) is 15.6. The van der Waals surface area contributed by atoms with Crippen LogP contribution in [0.5, 0.6) is 5.75 Å². The van der Waals surface area contributed by atoms with Crippen molar-refractivity contribution in [2.24, 2.45) is 0 Å². The van der Waals surface area contributed by atoms with Crippen LogP contribution in [0, 0.1) is 6.92 Å². The van der Waals surface area contributed by atoms with Crippen molar-refractivity contribution in [1.29, 1.82) is 0 Å². The Morgan fingerprint density at radius 1 is 1.06 bits per heavy atom. The standard InChI is InChI=1S/C33H36F6N4O5/c1-4-6-27-31(47-23-9-7-22(8-10-23)32(34,35)36,13-5-15-43(27)29(44)24-17-40-14-11-25(24)33(37,38)39)30(45)42-16-12-21(18-42)28-20(2)48-41-26(28)19-46-3/h7-11,14,17,21,27H,4-6,12-13,15-16,18-19H2,1-3H3/t21?,27-,31+/m1/s1. The molecule has 2 fully saturated rings. The Morgan fingerprint density at radius 3 is 2.44 bits per heavy atom. The summed E-state index contributed by atoms with van der Waals surface area (Å²) in [6, 6.07) is 3.54. The minimum Gasteiger partial charge on any atom is -0.475 e. The van der Waals surface area contributed by atoms with E-state index < -0.39 is 52.5 Å². The van der Waals surface area contributed by atoms with Crippen LogP contribution in [-0.2, 0) is 28.5 Å². The maximum absolute atomic E-state index is 14.8. The summed E-state index contributed by atoms with van der Waals surface area (Å²) in [5, 5.41) is 4.08. The van der Waals surface area contributed by atoms with Crippen molar-refractivity contribution in [2.45, 2.75) is 82.5 Å². The van der Waals surface area contributed by atoms with Crippen molar-refractivity contribution < 1.29 is 49.9 Å². The molecule has 2 aliphatic heterocycles. The van der Waals surface area contributed by atoms with Gasteiger partial charge in [-0.1, -0.05) is 18.5 Å². The third-order valence-electron chi connectivity index (χ3n) is 9.03. The van der Waals surface area contributed by atoms with E-state index in [9.17, 15) is 35.9 Å². The summed E-state index contributed by atoms with van der Waals surface area (Å²) < 4.78 is 99.2. The molecule has 0 bridgehead atoms. The van der Waals surface area contributed by atoms with Crippen molar-refractivity contribution in [3.8, 4) is 5.75 Å². The highest BCUT2D eigenvalue weighted by Crippen LogP contribution is 2.42. The lowest BCUT2D eigenvalue weighted by atomic mass is 9.79. The molecule has 0 aliphatic carbocycles. The van der Waals surface area contributed by atoms with Gasteiger partial charge in [-0.25, -0.2) is 0 Å². The number of hydrogen-bond donors (Lipinski definition) is 0. The first-order chi connectivity index (χ1) is 22.7. The van der Waals surface area contributed by atoms with Crippen LogP contribution in [0.3, 0.4) is 0 Å². The molecule has 48 heavy (non-hydrogen) atoms. The molecule has 260 valence electrons. The first kappa shape index (κ1) is 35.2. The molecule has 2 aliphatic rings. The van der Waals surface area contributed by atoms with Gasteiger partial charge in [0.25, 0.3) is 11.8 Å². The Hall–Kier alpha value is -4.14. The fourth-order valence-corrected chi connectivity index (χ4v) is 6.93. The normalized spacial score (nSPS) is 21.9. The number of pyridine rings is 1. The van der Waals surface area contributed by atoms with Gasteiger partial charge in [0.05, 0.1) is 29.3 Å². The number of amides is 2. The fraction of sp³-hybridized carbons (Fsp3) is 0.515. The topological polar surface area (TPSA) is 98.0 Å². The quantitative estimate of drug-likeness (QED) is 0.229. The van der Waals surface area contributed by atoms with Crippen molar-refractivity contribution in [1.82, 2.24) is 19.9 Å². The van der Waals surface area contributed by atoms with Crippen LogP contribution in [0.25, 0.3) is 0 Å². The number of carbonyl (C=O) groups excluding carboxylic acids is 2. The minimum atomic E-state index is -4.85. The number of ether oxygens (including phenoxy) is 2. The zero-order valence-electron chi connectivity index (χ0n) is 26.7. The average Bonchev–Trinajstić information content (AvgIpc) is 3.67. The maximum Gasteiger partial charge on any atom is 0.417 e. The Labute approximate surface area is 273 Å². The summed E-state index contributed by atoms with van der Waals surface area (Å²) in [5.74, 6) is -1.12. The van der Waals surface area contributed by atoms with Crippen molar-refractivity contribution >= 4 is 11.8 Å². The predicted molar refractivity (Wildman–Crippen MR) is 159 cm³/mol. The predicted octanol–water partition coefficient (Wildman–Crippen LogP) is 6.80. The molecular formula is C33H36F6N4O5. The number of likely N-dealkylation sites (tertiary alicyclic amines) is 2. The summed E-state index contributed by atoms with van der Waals surface area (Å²) in [6.07, 6.45) is -6.29. The molecule has 2 aromatic heterocycles. The Morgan fingerprint density at radius 2 is 1.79 bits per heavy atom. The van der Waals surface area contributed by atoms with E-state index in [-0.39, 0.29) is 57.2 Å². The van der Waals surface area contributed by atoms with Crippen LogP contribution in [0.1, 0.15) is 83.4 Å². The zero-order valence-corrected chi connectivity index (χ0v) is 26.7. The Bertz CT molecular complexity index is 1610. The fourth-order valence-electron chi connectivity index (χ4n) is 6.93. The number of methoxy groups -OCH3 is 1. The zero-order chi connectivity index (χ0) is 34.9. The van der Waals surface area contributed by atoms with E-state index >= 15 is 0 Å². The van der Waals surface area contributed by atoms with Crippen LogP contribution in [0.2, 0.25) is 0 Å². The SMILES string of the molecule is CCC[C@H]1N(C(=O)c2cnccc2C(F)(F)F)CCC[C@@]1(Oc1ccc(C(F)(F)F)cc1)C(=O)N1CCC(c2c(COC)noc2C)C1. The van der Waals surface area contributed by atoms with Gasteiger partial charge in [-0.3, -0.25) is 14.6 Å². The van der Waals surface area contributed by atoms with Crippen LogP contribution >= 0.6 is 0 Å². The summed E-state index contributed by atoms with van der Waals surface area (Å²) in [6.45, 7) is 4.30. The van der Waals surface area contributed by atoms with E-state index in [2.05, 4.69) is 10.1 Å². The van der Waals surface area contributed by atoms with Gasteiger partial charge < -0.3 is 23.8 Å². The second kappa shape index (κ2) is 13.8. The number of alkyl halides is 6. The van der Waals surface area contributed by atoms with Gasteiger partial charge in [-0.05, 0) is 56.5 Å². The maximum atomic E-state index is 14.8. The molecular weight excluding hydrogens is 646 g/mol. The second-order valence-electron chi connectivity index (χ2n) is 12.1. The molecule has 0 N–H and O–H groups in total. The molecule has 15 heteroatoms. The van der Waals surface area contributed by atoms with Gasteiger partial charge in [0.2, 0.25) is 5.60 Å². The summed E-state index contributed by atoms with van der Waals surface area (Å²) >= 11 is 0. The molecule has 1 aromatic carbocycles. The number of halogens is 6. The lowest BCUT2D eigenvalue weighted by Gasteiger charge is -2.49. The molecule has 4 heterocycles. The molecule has 9 nitrogen and oxygen atoms in total. The van der Waals surface area contributed by atoms with E-state index in [1.807, 2.05) is 0 Å². The highest BCUT2D eigenvalue weighted by atomic mass is 19.4. The van der Waals surface area contributed by atoms with E-state index in [1.54, 1.807) is 18.7 Å². The lowest BCUT2D eigenvalue weighted by molar-refractivity contribution is -0.158. The van der Waals surface area contributed by atoms with Gasteiger partial charge in [0.15, 0.2) is 0 Å². The van der Waals surface area contributed by atoms with E-state index in [0.717, 1.165) is 48.3 Å². The molecule has 3 atom stereocenters. The van der Waals surface area contributed by atoms with Crippen molar-refractivity contribution in [3.05, 3.63) is 76.4 Å². The molecule has 2 saturated heterocycles. The van der Waals surface area contributed by atoms with Crippen molar-refractivity contribution in [3.63, 3.8) is 0 Å². The Balaban J connectivity index is 1.56. The molecule has 1 unspecified atom stereocenters. The molecule has 5 rings (SSSR count). The van der Waals surface area contributed by atoms with Crippen molar-refractivity contribution in [2.75, 3.05) is 26.7 Å². The summed E-state index contributed by atoms with van der Waals surface area (Å²) in [4.78, 5) is 35.4. The number of piperidine rings is 1. The lowest BCUT2D eigenvalue weighted by Crippen LogP contribution is -2.67. The second-order valence-corrected chi connectivity index (χ2v) is 12.1. The van der Waals surface area contributed by atoms with Crippen LogP contribution in [0.15, 0.2) is 47.2 Å². The smallest absolute Gasteiger partial charge is 0.417 e. The molecule has 3 aromatic rings. The van der Waals surface area contributed by atoms with Gasteiger partial charge in [0.1, 0.15) is 17.2 Å². The van der Waals surface area contributed by atoms with E-state index in [4.69, 9.17) is 14.0 Å². The van der Waals surface area contributed by atoms with Crippen LogP contribution < -0.4 is 4.74 Å². The number of hydrogen-bond acceptors (Lipinski definition) is 7. The number of nitrogens with zero attached hydrogens (tertiary/aromatic N) is 4. The van der Waals surface area contributed by atoms with Crippen LogP contribution in [0.4, 0.5) is 26.3 Å². The molecule has 0 saturated carbocycles. The van der Waals surface area contributed by atoms with Gasteiger partial charge in [0, 0.05) is 57.0 Å². The largest absolute Gasteiger partial charge is 0.475 e.